The summed E-state index contributed by atoms with van der Waals surface area (Å²) in [6.07, 6.45) is 0. The zero-order chi connectivity index (χ0) is 16.3. The van der Waals surface area contributed by atoms with E-state index in [0.29, 0.717) is 17.1 Å². The van der Waals surface area contributed by atoms with Crippen LogP contribution in [-0.2, 0) is 14.3 Å². The van der Waals surface area contributed by atoms with Crippen LogP contribution in [0.3, 0.4) is 0 Å². The lowest BCUT2D eigenvalue weighted by Crippen LogP contribution is -2.34. The maximum absolute atomic E-state index is 12.7. The Morgan fingerprint density at radius 3 is 2.50 bits per heavy atom. The molecular weight excluding hydrogens is 298 g/mol. The molecule has 0 spiro atoms. The maximum atomic E-state index is 12.7. The standard InChI is InChI=1S/C17H21NO3S/c1-5-22-15-14(13-7-6-11(2)10-12(13)3)16(19)18(17(15)20)8-9-21-4/h6-7,10H,5,8-9H2,1-4H3. The Balaban J connectivity index is 2.48. The summed E-state index contributed by atoms with van der Waals surface area (Å²) in [5.74, 6) is 0.328. The Morgan fingerprint density at radius 1 is 1.18 bits per heavy atom. The number of hydrogen-bond acceptors (Lipinski definition) is 4. The number of imide groups is 1. The van der Waals surface area contributed by atoms with Gasteiger partial charge in [0.1, 0.15) is 0 Å². The van der Waals surface area contributed by atoms with Crippen LogP contribution in [0.1, 0.15) is 23.6 Å². The number of rotatable bonds is 6. The van der Waals surface area contributed by atoms with Crippen molar-refractivity contribution in [3.05, 3.63) is 39.8 Å². The molecule has 4 nitrogen and oxygen atoms in total. The first-order chi connectivity index (χ1) is 10.5. The van der Waals surface area contributed by atoms with E-state index in [-0.39, 0.29) is 18.4 Å². The predicted molar refractivity (Wildman–Crippen MR) is 89.6 cm³/mol. The lowest BCUT2D eigenvalue weighted by molar-refractivity contribution is -0.137. The first-order valence-electron chi connectivity index (χ1n) is 7.31. The van der Waals surface area contributed by atoms with Gasteiger partial charge in [0.25, 0.3) is 11.8 Å². The fourth-order valence-electron chi connectivity index (χ4n) is 2.55. The van der Waals surface area contributed by atoms with Crippen LogP contribution in [0.25, 0.3) is 5.57 Å². The summed E-state index contributed by atoms with van der Waals surface area (Å²) < 4.78 is 5.00. The first kappa shape index (κ1) is 16.8. The molecule has 0 bridgehead atoms. The van der Waals surface area contributed by atoms with E-state index >= 15 is 0 Å². The molecule has 0 saturated heterocycles. The Kier molecular flexibility index (Phi) is 5.42. The molecule has 0 radical (unpaired) electrons. The number of amides is 2. The average Bonchev–Trinajstić information content (AvgIpc) is 2.70. The van der Waals surface area contributed by atoms with Gasteiger partial charge in [0.15, 0.2) is 0 Å². The first-order valence-corrected chi connectivity index (χ1v) is 8.29. The molecule has 5 heteroatoms. The van der Waals surface area contributed by atoms with Crippen LogP contribution in [0.15, 0.2) is 23.1 Å². The molecule has 1 aliphatic rings. The second kappa shape index (κ2) is 7.11. The lowest BCUT2D eigenvalue weighted by atomic mass is 9.99. The maximum Gasteiger partial charge on any atom is 0.268 e. The minimum absolute atomic E-state index is 0.205. The normalized spacial score (nSPS) is 15.2. The molecule has 0 fully saturated rings. The molecule has 0 unspecified atom stereocenters. The monoisotopic (exact) mass is 319 g/mol. The molecule has 22 heavy (non-hydrogen) atoms. The number of carbonyl (C=O) groups excluding carboxylic acids is 2. The van der Waals surface area contributed by atoms with Gasteiger partial charge >= 0.3 is 0 Å². The highest BCUT2D eigenvalue weighted by Crippen LogP contribution is 2.37. The molecule has 118 valence electrons. The van der Waals surface area contributed by atoms with E-state index in [1.54, 1.807) is 7.11 Å². The van der Waals surface area contributed by atoms with E-state index in [1.165, 1.54) is 16.7 Å². The van der Waals surface area contributed by atoms with Crippen molar-refractivity contribution in [3.63, 3.8) is 0 Å². The number of carbonyl (C=O) groups is 2. The highest BCUT2D eigenvalue weighted by atomic mass is 32.2. The van der Waals surface area contributed by atoms with Crippen molar-refractivity contribution in [2.24, 2.45) is 0 Å². The van der Waals surface area contributed by atoms with E-state index in [1.807, 2.05) is 39.0 Å². The average molecular weight is 319 g/mol. The van der Waals surface area contributed by atoms with Crippen LogP contribution in [0.5, 0.6) is 0 Å². The number of benzene rings is 1. The fourth-order valence-corrected chi connectivity index (χ4v) is 3.41. The molecule has 0 aliphatic carbocycles. The minimum Gasteiger partial charge on any atom is -0.383 e. The van der Waals surface area contributed by atoms with Crippen LogP contribution in [-0.4, -0.2) is 42.7 Å². The topological polar surface area (TPSA) is 46.6 Å². The van der Waals surface area contributed by atoms with Crippen LogP contribution >= 0.6 is 11.8 Å². The summed E-state index contributed by atoms with van der Waals surface area (Å²) >= 11 is 1.43. The van der Waals surface area contributed by atoms with Crippen molar-refractivity contribution in [3.8, 4) is 0 Å². The van der Waals surface area contributed by atoms with Gasteiger partial charge in [-0.15, -0.1) is 11.8 Å². The zero-order valence-corrected chi connectivity index (χ0v) is 14.3. The highest BCUT2D eigenvalue weighted by molar-refractivity contribution is 8.04. The molecular formula is C17H21NO3S. The van der Waals surface area contributed by atoms with E-state index < -0.39 is 0 Å². The summed E-state index contributed by atoms with van der Waals surface area (Å²) in [4.78, 5) is 27.1. The molecule has 1 aromatic carbocycles. The Bertz CT molecular complexity index is 637. The van der Waals surface area contributed by atoms with Crippen LogP contribution < -0.4 is 0 Å². The number of nitrogens with zero attached hydrogens (tertiary/aromatic N) is 1. The van der Waals surface area contributed by atoms with Gasteiger partial charge in [-0.1, -0.05) is 30.7 Å². The SMILES string of the molecule is CCSC1=C(c2ccc(C)cc2C)C(=O)N(CCOC)C1=O. The van der Waals surface area contributed by atoms with Gasteiger partial charge in [-0.2, -0.15) is 0 Å². The molecule has 0 aromatic heterocycles. The summed E-state index contributed by atoms with van der Waals surface area (Å²) in [7, 11) is 1.56. The fraction of sp³-hybridized carbons (Fsp3) is 0.412. The summed E-state index contributed by atoms with van der Waals surface area (Å²) in [6, 6.07) is 5.94. The van der Waals surface area contributed by atoms with Gasteiger partial charge in [0.05, 0.1) is 23.6 Å². The van der Waals surface area contributed by atoms with Gasteiger partial charge < -0.3 is 4.74 Å². The molecule has 0 saturated carbocycles. The van der Waals surface area contributed by atoms with Crippen LogP contribution in [0, 0.1) is 13.8 Å². The minimum atomic E-state index is -0.218. The predicted octanol–water partition coefficient (Wildman–Crippen LogP) is 2.78. The molecule has 0 N–H and O–H groups in total. The number of hydrogen-bond donors (Lipinski definition) is 0. The van der Waals surface area contributed by atoms with Crippen molar-refractivity contribution >= 4 is 29.1 Å². The van der Waals surface area contributed by atoms with E-state index in [9.17, 15) is 9.59 Å². The van der Waals surface area contributed by atoms with Crippen LogP contribution in [0.2, 0.25) is 0 Å². The van der Waals surface area contributed by atoms with Crippen molar-refractivity contribution in [2.45, 2.75) is 20.8 Å². The third kappa shape index (κ3) is 3.10. The van der Waals surface area contributed by atoms with Gasteiger partial charge in [0.2, 0.25) is 0 Å². The van der Waals surface area contributed by atoms with Crippen molar-refractivity contribution in [1.29, 1.82) is 0 Å². The largest absolute Gasteiger partial charge is 0.383 e. The lowest BCUT2D eigenvalue weighted by Gasteiger charge is -2.14. The summed E-state index contributed by atoms with van der Waals surface area (Å²) in [5, 5.41) is 0. The smallest absolute Gasteiger partial charge is 0.268 e. The second-order valence-corrected chi connectivity index (χ2v) is 6.48. The zero-order valence-electron chi connectivity index (χ0n) is 13.4. The van der Waals surface area contributed by atoms with Gasteiger partial charge in [-0.3, -0.25) is 14.5 Å². The Labute approximate surface area is 135 Å². The third-order valence-electron chi connectivity index (χ3n) is 3.58. The third-order valence-corrected chi connectivity index (χ3v) is 4.54. The van der Waals surface area contributed by atoms with Crippen LogP contribution in [0.4, 0.5) is 0 Å². The van der Waals surface area contributed by atoms with Crippen molar-refractivity contribution in [2.75, 3.05) is 26.0 Å². The molecule has 1 aromatic rings. The van der Waals surface area contributed by atoms with Gasteiger partial charge in [0, 0.05) is 7.11 Å². The molecule has 1 aliphatic heterocycles. The van der Waals surface area contributed by atoms with E-state index in [0.717, 1.165) is 22.4 Å². The Morgan fingerprint density at radius 2 is 1.91 bits per heavy atom. The van der Waals surface area contributed by atoms with Crippen molar-refractivity contribution in [1.82, 2.24) is 4.90 Å². The summed E-state index contributed by atoms with van der Waals surface area (Å²) in [5.41, 5.74) is 3.53. The van der Waals surface area contributed by atoms with Crippen molar-refractivity contribution < 1.29 is 14.3 Å². The number of ether oxygens (including phenoxy) is 1. The summed E-state index contributed by atoms with van der Waals surface area (Å²) in [6.45, 7) is 6.60. The quantitative estimate of drug-likeness (QED) is 0.757. The van der Waals surface area contributed by atoms with E-state index in [2.05, 4.69) is 0 Å². The Hall–Kier alpha value is -1.59. The van der Waals surface area contributed by atoms with Gasteiger partial charge in [-0.25, -0.2) is 0 Å². The number of thioether (sulfide) groups is 1. The molecule has 2 rings (SSSR count). The highest BCUT2D eigenvalue weighted by Gasteiger charge is 2.39. The molecule has 0 atom stereocenters. The number of aryl methyl sites for hydroxylation is 2. The van der Waals surface area contributed by atoms with E-state index in [4.69, 9.17) is 4.74 Å². The second-order valence-electron chi connectivity index (χ2n) is 5.21. The molecule has 1 heterocycles. The van der Waals surface area contributed by atoms with Gasteiger partial charge in [-0.05, 0) is 30.7 Å². The number of methoxy groups -OCH3 is 1. The molecule has 2 amide bonds.